The molecule has 4 heterocycles. The van der Waals surface area contributed by atoms with Gasteiger partial charge in [-0.2, -0.15) is 0 Å². The third kappa shape index (κ3) is 4.83. The standard InChI is InChI=1S/C55H34N2O3/c1-31-51(34-23-26-40-38-13-4-7-18-46(38)58-49(40)30-34)56-55(35-24-25-37-33(29-35)22-21-32-11-2-3-12-36(32)37)57-52(31)45-28-27-43(54-50(45)44-15-6-9-20-48(44)60-54)42-17-10-16-41-39-14-5-8-19-47(39)59-53(41)42/h2-30,51H,1H3,(H,56,57). The molecule has 0 aliphatic carbocycles. The summed E-state index contributed by atoms with van der Waals surface area (Å²) in [7, 11) is 0. The van der Waals surface area contributed by atoms with Crippen molar-refractivity contribution < 1.29 is 13.3 Å². The second-order valence-corrected chi connectivity index (χ2v) is 15.9. The van der Waals surface area contributed by atoms with E-state index in [9.17, 15) is 0 Å². The van der Waals surface area contributed by atoms with Gasteiger partial charge in [0.2, 0.25) is 0 Å². The van der Waals surface area contributed by atoms with Gasteiger partial charge >= 0.3 is 0 Å². The maximum atomic E-state index is 6.87. The summed E-state index contributed by atoms with van der Waals surface area (Å²) in [6.07, 6.45) is 0. The number of hydrogen-bond acceptors (Lipinski definition) is 5. The average molecular weight is 771 g/mol. The molecule has 0 saturated carbocycles. The van der Waals surface area contributed by atoms with Crippen molar-refractivity contribution in [1.29, 1.82) is 0 Å². The number of amidine groups is 1. The van der Waals surface area contributed by atoms with Gasteiger partial charge in [-0.3, -0.25) is 0 Å². The van der Waals surface area contributed by atoms with Crippen LogP contribution < -0.4 is 5.32 Å². The monoisotopic (exact) mass is 770 g/mol. The molecule has 0 radical (unpaired) electrons. The molecule has 1 aliphatic rings. The normalized spacial score (nSPS) is 14.8. The van der Waals surface area contributed by atoms with E-state index in [1.807, 2.05) is 36.4 Å². The SMILES string of the molecule is CC1=C(c2ccc(-c3cccc4c3oc3ccccc34)c3oc4ccccc4c23)N=C(c2ccc3c(ccc4ccccc43)c2)NC1c1ccc2c(c1)oc1ccccc12. The first-order chi connectivity index (χ1) is 29.6. The number of rotatable bonds is 4. The van der Waals surface area contributed by atoms with Crippen LogP contribution in [0.5, 0.6) is 0 Å². The van der Waals surface area contributed by atoms with E-state index in [4.69, 9.17) is 18.2 Å². The summed E-state index contributed by atoms with van der Waals surface area (Å²) in [5.41, 5.74) is 12.1. The molecule has 13 rings (SSSR count). The van der Waals surface area contributed by atoms with Gasteiger partial charge in [-0.05, 0) is 76.0 Å². The van der Waals surface area contributed by atoms with Crippen LogP contribution in [0.15, 0.2) is 200 Å². The quantitative estimate of drug-likeness (QED) is 0.181. The summed E-state index contributed by atoms with van der Waals surface area (Å²) in [6.45, 7) is 2.19. The van der Waals surface area contributed by atoms with Gasteiger partial charge in [-0.15, -0.1) is 0 Å². The van der Waals surface area contributed by atoms with Gasteiger partial charge in [-0.1, -0.05) is 140 Å². The number of fused-ring (bicyclic) bond motifs is 12. The highest BCUT2D eigenvalue weighted by molar-refractivity contribution is 6.19. The molecule has 12 aromatic rings. The summed E-state index contributed by atoms with van der Waals surface area (Å²) in [5, 5.41) is 15.2. The molecule has 0 fully saturated rings. The highest BCUT2D eigenvalue weighted by Crippen LogP contribution is 2.46. The maximum Gasteiger partial charge on any atom is 0.144 e. The molecule has 1 N–H and O–H groups in total. The first-order valence-corrected chi connectivity index (χ1v) is 20.4. The highest BCUT2D eigenvalue weighted by Gasteiger charge is 2.29. The van der Waals surface area contributed by atoms with Gasteiger partial charge in [0, 0.05) is 54.6 Å². The van der Waals surface area contributed by atoms with Crippen molar-refractivity contribution in [1.82, 2.24) is 5.32 Å². The van der Waals surface area contributed by atoms with Gasteiger partial charge in [0.1, 0.15) is 39.3 Å². The van der Waals surface area contributed by atoms with E-state index in [1.54, 1.807) is 0 Å². The molecule has 1 aliphatic heterocycles. The molecule has 0 spiro atoms. The Labute approximate surface area is 343 Å². The van der Waals surface area contributed by atoms with Crippen LogP contribution in [-0.4, -0.2) is 5.84 Å². The van der Waals surface area contributed by atoms with Crippen LogP contribution in [-0.2, 0) is 0 Å². The number of nitrogens with one attached hydrogen (secondary N) is 1. The average Bonchev–Trinajstić information content (AvgIpc) is 4.00. The minimum atomic E-state index is -0.199. The van der Waals surface area contributed by atoms with E-state index in [0.717, 1.165) is 116 Å². The largest absolute Gasteiger partial charge is 0.456 e. The fraction of sp³-hybridized carbons (Fsp3) is 0.0364. The van der Waals surface area contributed by atoms with Gasteiger partial charge in [0.05, 0.1) is 11.7 Å². The minimum Gasteiger partial charge on any atom is -0.456 e. The Kier molecular flexibility index (Phi) is 6.93. The van der Waals surface area contributed by atoms with Gasteiger partial charge in [0.15, 0.2) is 0 Å². The minimum absolute atomic E-state index is 0.199. The van der Waals surface area contributed by atoms with E-state index in [2.05, 4.69) is 152 Å². The zero-order valence-electron chi connectivity index (χ0n) is 32.5. The van der Waals surface area contributed by atoms with Crippen molar-refractivity contribution in [2.24, 2.45) is 4.99 Å². The third-order valence-corrected chi connectivity index (χ3v) is 12.5. The first-order valence-electron chi connectivity index (χ1n) is 20.4. The third-order valence-electron chi connectivity index (χ3n) is 12.5. The lowest BCUT2D eigenvalue weighted by Gasteiger charge is -2.29. The summed E-state index contributed by atoms with van der Waals surface area (Å²) in [4.78, 5) is 5.56. The molecule has 0 saturated heterocycles. The number of furan rings is 3. The van der Waals surface area contributed by atoms with Crippen LogP contribution in [0.4, 0.5) is 0 Å². The van der Waals surface area contributed by atoms with Crippen LogP contribution in [0.25, 0.3) is 104 Å². The van der Waals surface area contributed by atoms with Crippen LogP contribution in [0.2, 0.25) is 0 Å². The van der Waals surface area contributed by atoms with E-state index in [-0.39, 0.29) is 6.04 Å². The fourth-order valence-corrected chi connectivity index (χ4v) is 9.65. The Hall–Kier alpha value is -7.89. The van der Waals surface area contributed by atoms with Crippen LogP contribution in [0.3, 0.4) is 0 Å². The lowest BCUT2D eigenvalue weighted by Crippen LogP contribution is -2.33. The lowest BCUT2D eigenvalue weighted by atomic mass is 9.90. The van der Waals surface area contributed by atoms with E-state index >= 15 is 0 Å². The van der Waals surface area contributed by atoms with Crippen LogP contribution >= 0.6 is 0 Å². The van der Waals surface area contributed by atoms with Crippen LogP contribution in [0.1, 0.15) is 29.7 Å². The van der Waals surface area contributed by atoms with Crippen molar-refractivity contribution >= 4 is 98.9 Å². The predicted molar refractivity (Wildman–Crippen MR) is 247 cm³/mol. The molecule has 5 nitrogen and oxygen atoms in total. The maximum absolute atomic E-state index is 6.87. The molecule has 0 bridgehead atoms. The number of para-hydroxylation sites is 4. The Bertz CT molecular complexity index is 3840. The summed E-state index contributed by atoms with van der Waals surface area (Å²) in [5.74, 6) is 0.803. The molecule has 282 valence electrons. The summed E-state index contributed by atoms with van der Waals surface area (Å²) in [6, 6.07) is 61.6. The molecule has 60 heavy (non-hydrogen) atoms. The zero-order chi connectivity index (χ0) is 39.5. The lowest BCUT2D eigenvalue weighted by molar-refractivity contribution is 0.664. The Morgan fingerprint density at radius 1 is 0.433 bits per heavy atom. The molecule has 3 aromatic heterocycles. The fourth-order valence-electron chi connectivity index (χ4n) is 9.65. The van der Waals surface area contributed by atoms with Gasteiger partial charge in [0.25, 0.3) is 0 Å². The van der Waals surface area contributed by atoms with Gasteiger partial charge in [-0.25, -0.2) is 4.99 Å². The van der Waals surface area contributed by atoms with Crippen LogP contribution in [0, 0.1) is 0 Å². The van der Waals surface area contributed by atoms with Crippen molar-refractivity contribution in [3.63, 3.8) is 0 Å². The molecule has 1 unspecified atom stereocenters. The molecule has 1 atom stereocenters. The van der Waals surface area contributed by atoms with Gasteiger partial charge < -0.3 is 18.6 Å². The first kappa shape index (κ1) is 33.1. The van der Waals surface area contributed by atoms with Crippen molar-refractivity contribution in [3.05, 3.63) is 198 Å². The van der Waals surface area contributed by atoms with Crippen molar-refractivity contribution in [3.8, 4) is 11.1 Å². The Balaban J connectivity index is 1.05. The Morgan fingerprint density at radius 2 is 1.03 bits per heavy atom. The zero-order valence-corrected chi connectivity index (χ0v) is 32.5. The molecule has 5 heteroatoms. The summed E-state index contributed by atoms with van der Waals surface area (Å²) >= 11 is 0. The van der Waals surface area contributed by atoms with E-state index < -0.39 is 0 Å². The number of hydrogen-bond donors (Lipinski definition) is 1. The molecule has 9 aromatic carbocycles. The number of aliphatic imine (C=N–C) groups is 1. The van der Waals surface area contributed by atoms with Crippen molar-refractivity contribution in [2.45, 2.75) is 13.0 Å². The molecule has 0 amide bonds. The van der Waals surface area contributed by atoms with E-state index in [0.29, 0.717) is 0 Å². The highest BCUT2D eigenvalue weighted by atomic mass is 16.3. The number of benzene rings is 9. The number of nitrogens with zero attached hydrogens (tertiary/aromatic N) is 1. The van der Waals surface area contributed by atoms with E-state index in [1.165, 1.54) is 16.2 Å². The smallest absolute Gasteiger partial charge is 0.144 e. The second kappa shape index (κ2) is 12.6. The second-order valence-electron chi connectivity index (χ2n) is 15.9. The Morgan fingerprint density at radius 3 is 1.88 bits per heavy atom. The molecular weight excluding hydrogens is 737 g/mol. The predicted octanol–water partition coefficient (Wildman–Crippen LogP) is 14.9. The molecular formula is C55H34N2O3. The van der Waals surface area contributed by atoms with Crippen molar-refractivity contribution in [2.75, 3.05) is 0 Å². The topological polar surface area (TPSA) is 63.8 Å². The summed E-state index contributed by atoms with van der Waals surface area (Å²) < 4.78 is 19.9.